The van der Waals surface area contributed by atoms with Gasteiger partial charge in [-0.1, -0.05) is 45.9 Å². The van der Waals surface area contributed by atoms with E-state index in [-0.39, 0.29) is 0 Å². The Hall–Kier alpha value is 0. The first kappa shape index (κ1) is 3.81. The van der Waals surface area contributed by atoms with E-state index in [0.717, 1.165) is 19.3 Å². The van der Waals surface area contributed by atoms with Gasteiger partial charge in [0.1, 0.15) is 0 Å². The van der Waals surface area contributed by atoms with Crippen LogP contribution in [0.5, 0.6) is 0 Å². The molecule has 0 N–H and O–H groups in total. The molecule has 1 saturated carbocycles. The normalized spacial score (nSPS) is 35.5. The summed E-state index contributed by atoms with van der Waals surface area (Å²) in [6.07, 6.45) is -2.49. The summed E-state index contributed by atoms with van der Waals surface area (Å²) in [7, 11) is 0. The molecule has 0 unspecified atom stereocenters. The molecule has 0 aromatic heterocycles. The highest BCUT2D eigenvalue weighted by Crippen LogP contribution is 2.42. The van der Waals surface area contributed by atoms with Crippen molar-refractivity contribution in [3.05, 3.63) is 0 Å². The van der Waals surface area contributed by atoms with E-state index >= 15 is 0 Å². The van der Waals surface area contributed by atoms with Crippen LogP contribution in [0.15, 0.2) is 0 Å². The van der Waals surface area contributed by atoms with Crippen LogP contribution in [-0.2, 0) is 0 Å². The highest BCUT2D eigenvalue weighted by Gasteiger charge is 2.28. The predicted molar refractivity (Wildman–Crippen MR) is 50.7 cm³/mol. The van der Waals surface area contributed by atoms with Crippen LogP contribution in [0, 0.1) is 5.41 Å². The Bertz CT molecular complexity index is 267. The van der Waals surface area contributed by atoms with Crippen molar-refractivity contribution in [3.63, 3.8) is 0 Å². The van der Waals surface area contributed by atoms with Crippen molar-refractivity contribution in [2.75, 3.05) is 0 Å². The maximum atomic E-state index is 8.13. The highest BCUT2D eigenvalue weighted by molar-refractivity contribution is 4.80. The summed E-state index contributed by atoms with van der Waals surface area (Å²) in [6.45, 7) is 2.61. The second-order valence-electron chi connectivity index (χ2n) is 3.27. The molecule has 0 aromatic rings. The lowest BCUT2D eigenvalue weighted by Crippen LogP contribution is -2.22. The van der Waals surface area contributed by atoms with E-state index in [1.54, 1.807) is 0 Å². The van der Waals surface area contributed by atoms with Crippen molar-refractivity contribution < 1.29 is 8.22 Å². The Kier molecular flexibility index (Phi) is 1.43. The SMILES string of the molecule is [2H]C([2H])(C)C([2H])([2H])C1(C([2H])([2H])C)CCCCC1. The van der Waals surface area contributed by atoms with Crippen molar-refractivity contribution in [1.82, 2.24) is 0 Å². The lowest BCUT2D eigenvalue weighted by molar-refractivity contribution is 0.163. The van der Waals surface area contributed by atoms with Crippen molar-refractivity contribution in [2.45, 2.75) is 65.1 Å². The van der Waals surface area contributed by atoms with E-state index < -0.39 is 24.5 Å². The molecule has 1 aliphatic rings. The zero-order chi connectivity index (χ0) is 13.5. The fourth-order valence-electron chi connectivity index (χ4n) is 1.83. The molecule has 0 amide bonds. The zero-order valence-electron chi connectivity index (χ0n) is 13.5. The largest absolute Gasteiger partial charge is 0.0654 e. The zero-order valence-corrected chi connectivity index (χ0v) is 7.54. The smallest absolute Gasteiger partial charge is 0.0272 e. The molecule has 0 radical (unpaired) electrons. The summed E-state index contributed by atoms with van der Waals surface area (Å²) in [5.41, 5.74) is -1.21. The third-order valence-electron chi connectivity index (χ3n) is 2.55. The Labute approximate surface area is 79.8 Å². The lowest BCUT2D eigenvalue weighted by atomic mass is 9.70. The Morgan fingerprint density at radius 2 is 1.82 bits per heavy atom. The molecule has 66 valence electrons. The van der Waals surface area contributed by atoms with Gasteiger partial charge >= 0.3 is 0 Å². The minimum absolute atomic E-state index is 0.427. The van der Waals surface area contributed by atoms with Crippen LogP contribution in [-0.4, -0.2) is 0 Å². The van der Waals surface area contributed by atoms with E-state index in [2.05, 4.69) is 0 Å². The molecule has 0 aliphatic heterocycles. The first-order chi connectivity index (χ1) is 7.46. The third-order valence-corrected chi connectivity index (χ3v) is 2.55. The van der Waals surface area contributed by atoms with E-state index in [4.69, 9.17) is 8.22 Å². The van der Waals surface area contributed by atoms with Crippen molar-refractivity contribution in [2.24, 2.45) is 5.41 Å². The van der Waals surface area contributed by atoms with Crippen molar-refractivity contribution in [3.8, 4) is 0 Å². The summed E-state index contributed by atoms with van der Waals surface area (Å²) in [5, 5.41) is 0. The minimum Gasteiger partial charge on any atom is -0.0654 e. The second-order valence-corrected chi connectivity index (χ2v) is 3.27. The van der Waals surface area contributed by atoms with Gasteiger partial charge in [0.25, 0.3) is 0 Å². The van der Waals surface area contributed by atoms with Crippen LogP contribution < -0.4 is 0 Å². The summed E-state index contributed by atoms with van der Waals surface area (Å²) >= 11 is 0. The van der Waals surface area contributed by atoms with Gasteiger partial charge < -0.3 is 0 Å². The van der Waals surface area contributed by atoms with Crippen LogP contribution in [0.25, 0.3) is 0 Å². The van der Waals surface area contributed by atoms with Gasteiger partial charge in [0.2, 0.25) is 0 Å². The Morgan fingerprint density at radius 3 is 2.27 bits per heavy atom. The summed E-state index contributed by atoms with van der Waals surface area (Å²) < 4.78 is 47.6. The summed E-state index contributed by atoms with van der Waals surface area (Å²) in [6, 6.07) is 0. The average Bonchev–Trinajstić information content (AvgIpc) is 2.15. The van der Waals surface area contributed by atoms with Gasteiger partial charge in [0, 0.05) is 8.22 Å². The summed E-state index contributed by atoms with van der Waals surface area (Å²) in [5.74, 6) is 0. The van der Waals surface area contributed by atoms with Crippen molar-refractivity contribution >= 4 is 0 Å². The van der Waals surface area contributed by atoms with E-state index in [1.807, 2.05) is 0 Å². The first-order valence-corrected chi connectivity index (χ1v) is 4.46. The van der Waals surface area contributed by atoms with E-state index in [9.17, 15) is 0 Å². The Balaban J connectivity index is 3.24. The van der Waals surface area contributed by atoms with Gasteiger partial charge in [-0.25, -0.2) is 0 Å². The molecule has 0 heterocycles. The average molecular weight is 160 g/mol. The summed E-state index contributed by atoms with van der Waals surface area (Å²) in [4.78, 5) is 0. The molecule has 1 rings (SSSR count). The molecule has 0 bridgehead atoms. The van der Waals surface area contributed by atoms with Gasteiger partial charge in [-0.3, -0.25) is 0 Å². The molecule has 0 atom stereocenters. The quantitative estimate of drug-likeness (QED) is 0.582. The molecule has 1 aliphatic carbocycles. The van der Waals surface area contributed by atoms with Crippen LogP contribution in [0.3, 0.4) is 0 Å². The standard InChI is InChI=1S/C11H22/c1-3-8-11(4-2)9-6-5-7-10-11/h3-10H2,1-2H3/i3D2,4D2,8D2. The second kappa shape index (κ2) is 4.13. The molecule has 11 heavy (non-hydrogen) atoms. The fourth-order valence-corrected chi connectivity index (χ4v) is 1.83. The highest BCUT2D eigenvalue weighted by atomic mass is 14.3. The topological polar surface area (TPSA) is 0 Å². The number of hydrogen-bond acceptors (Lipinski definition) is 0. The molecule has 0 aromatic carbocycles. The van der Waals surface area contributed by atoms with Crippen LogP contribution in [0.4, 0.5) is 0 Å². The third kappa shape index (κ3) is 2.21. The van der Waals surface area contributed by atoms with Crippen LogP contribution in [0.1, 0.15) is 73.3 Å². The van der Waals surface area contributed by atoms with Gasteiger partial charge in [-0.05, 0) is 24.6 Å². The maximum Gasteiger partial charge on any atom is 0.0272 e. The van der Waals surface area contributed by atoms with Crippen molar-refractivity contribution in [1.29, 1.82) is 0 Å². The van der Waals surface area contributed by atoms with Crippen LogP contribution >= 0.6 is 0 Å². The molecule has 0 heteroatoms. The molecule has 0 saturated heterocycles. The first-order valence-electron chi connectivity index (χ1n) is 7.46. The van der Waals surface area contributed by atoms with Gasteiger partial charge in [0.05, 0.1) is 0 Å². The molecule has 0 nitrogen and oxygen atoms in total. The fraction of sp³-hybridized carbons (Fsp3) is 1.00. The van der Waals surface area contributed by atoms with Gasteiger partial charge in [-0.15, -0.1) is 0 Å². The Morgan fingerprint density at radius 1 is 1.18 bits per heavy atom. The van der Waals surface area contributed by atoms with Gasteiger partial charge in [-0.2, -0.15) is 0 Å². The molecular weight excluding hydrogens is 132 g/mol. The minimum atomic E-state index is -2.15. The number of rotatable bonds is 3. The van der Waals surface area contributed by atoms with Crippen LogP contribution in [0.2, 0.25) is 0 Å². The molecular formula is C11H22. The van der Waals surface area contributed by atoms with E-state index in [1.165, 1.54) is 13.8 Å². The predicted octanol–water partition coefficient (Wildman–Crippen LogP) is 4.15. The van der Waals surface area contributed by atoms with Gasteiger partial charge in [0.15, 0.2) is 0 Å². The maximum absolute atomic E-state index is 8.13. The lowest BCUT2D eigenvalue weighted by Gasteiger charge is -2.36. The van der Waals surface area contributed by atoms with E-state index in [0.29, 0.717) is 12.8 Å². The molecule has 1 fully saturated rings. The monoisotopic (exact) mass is 160 g/mol. The molecule has 0 spiro atoms. The number of hydrogen-bond donors (Lipinski definition) is 0.